The molecular weight excluding hydrogens is 340 g/mol. The van der Waals surface area contributed by atoms with E-state index in [-0.39, 0.29) is 21.7 Å². The molecule has 0 aliphatic carbocycles. The SMILES string of the molecule is Cc1cc(Cl)c([N+](=O)[O-])cc1S(=O)(=O)NCC(C)S(C)=O. The molecule has 1 N–H and O–H groups in total. The third-order valence-electron chi connectivity index (χ3n) is 2.86. The molecule has 7 nitrogen and oxygen atoms in total. The first-order valence-corrected chi connectivity index (χ1v) is 9.31. The Balaban J connectivity index is 3.17. The van der Waals surface area contributed by atoms with Crippen LogP contribution in [0.3, 0.4) is 0 Å². The molecule has 0 aliphatic heterocycles. The second kappa shape index (κ2) is 6.82. The van der Waals surface area contributed by atoms with Gasteiger partial charge in [0.1, 0.15) is 5.02 Å². The van der Waals surface area contributed by atoms with E-state index >= 15 is 0 Å². The highest BCUT2D eigenvalue weighted by Crippen LogP contribution is 2.30. The van der Waals surface area contributed by atoms with Crippen LogP contribution in [0.15, 0.2) is 17.0 Å². The maximum Gasteiger partial charge on any atom is 0.289 e. The second-order valence-electron chi connectivity index (χ2n) is 4.49. The molecule has 2 unspecified atom stereocenters. The molecule has 0 amide bonds. The Labute approximate surface area is 130 Å². The smallest absolute Gasteiger partial charge is 0.260 e. The normalized spacial score (nSPS) is 14.7. The fourth-order valence-corrected chi connectivity index (χ4v) is 3.58. The lowest BCUT2D eigenvalue weighted by Crippen LogP contribution is -2.33. The summed E-state index contributed by atoms with van der Waals surface area (Å²) in [7, 11) is -5.12. The molecule has 21 heavy (non-hydrogen) atoms. The summed E-state index contributed by atoms with van der Waals surface area (Å²) < 4.78 is 37.9. The quantitative estimate of drug-likeness (QED) is 0.616. The molecule has 0 spiro atoms. The first-order chi connectivity index (χ1) is 9.56. The van der Waals surface area contributed by atoms with Gasteiger partial charge in [-0.2, -0.15) is 0 Å². The van der Waals surface area contributed by atoms with Gasteiger partial charge in [0.2, 0.25) is 10.0 Å². The van der Waals surface area contributed by atoms with Crippen LogP contribution < -0.4 is 4.72 Å². The van der Waals surface area contributed by atoms with Crippen LogP contribution in [0.4, 0.5) is 5.69 Å². The number of nitrogens with one attached hydrogen (secondary N) is 1. The van der Waals surface area contributed by atoms with E-state index in [9.17, 15) is 22.7 Å². The second-order valence-corrected chi connectivity index (χ2v) is 8.43. The Morgan fingerprint density at radius 3 is 2.52 bits per heavy atom. The molecule has 10 heteroatoms. The van der Waals surface area contributed by atoms with Gasteiger partial charge in [-0.25, -0.2) is 13.1 Å². The van der Waals surface area contributed by atoms with E-state index in [1.807, 2.05) is 0 Å². The fourth-order valence-electron chi connectivity index (χ4n) is 1.49. The number of sulfonamides is 1. The lowest BCUT2D eigenvalue weighted by Gasteiger charge is -2.12. The molecule has 0 radical (unpaired) electrons. The van der Waals surface area contributed by atoms with Crippen LogP contribution in [-0.4, -0.2) is 35.6 Å². The van der Waals surface area contributed by atoms with Crippen molar-refractivity contribution < 1.29 is 17.6 Å². The summed E-state index contributed by atoms with van der Waals surface area (Å²) in [5.41, 5.74) is -0.182. The van der Waals surface area contributed by atoms with E-state index in [0.717, 1.165) is 6.07 Å². The van der Waals surface area contributed by atoms with E-state index < -0.39 is 31.4 Å². The number of hydrogen-bond donors (Lipinski definition) is 1. The first-order valence-electron chi connectivity index (χ1n) is 5.82. The van der Waals surface area contributed by atoms with E-state index in [0.29, 0.717) is 5.56 Å². The van der Waals surface area contributed by atoms with Gasteiger partial charge < -0.3 is 0 Å². The third-order valence-corrected chi connectivity index (χ3v) is 6.03. The predicted molar refractivity (Wildman–Crippen MR) is 81.6 cm³/mol. The Kier molecular flexibility index (Phi) is 5.85. The predicted octanol–water partition coefficient (Wildman–Crippen LogP) is 1.60. The van der Waals surface area contributed by atoms with Gasteiger partial charge in [0.15, 0.2) is 0 Å². The zero-order chi connectivity index (χ0) is 16.4. The van der Waals surface area contributed by atoms with Crippen LogP contribution in [0.2, 0.25) is 5.02 Å². The Hall–Kier alpha value is -1.03. The van der Waals surface area contributed by atoms with E-state index in [4.69, 9.17) is 11.6 Å². The van der Waals surface area contributed by atoms with E-state index in [2.05, 4.69) is 4.72 Å². The number of aryl methyl sites for hydroxylation is 1. The Morgan fingerprint density at radius 1 is 1.48 bits per heavy atom. The summed E-state index contributed by atoms with van der Waals surface area (Å²) in [4.78, 5) is 9.87. The molecule has 0 fully saturated rings. The van der Waals surface area contributed by atoms with Crippen molar-refractivity contribution in [2.45, 2.75) is 24.0 Å². The maximum atomic E-state index is 12.2. The Morgan fingerprint density at radius 2 is 2.05 bits per heavy atom. The summed E-state index contributed by atoms with van der Waals surface area (Å²) >= 11 is 5.72. The molecule has 0 heterocycles. The maximum absolute atomic E-state index is 12.2. The summed E-state index contributed by atoms with van der Waals surface area (Å²) in [6, 6.07) is 2.16. The Bertz CT molecular complexity index is 690. The van der Waals surface area contributed by atoms with Crippen LogP contribution >= 0.6 is 11.6 Å². The third kappa shape index (κ3) is 4.47. The van der Waals surface area contributed by atoms with Crippen molar-refractivity contribution in [3.63, 3.8) is 0 Å². The standard InChI is InChI=1S/C11H15ClN2O5S2/c1-7-4-9(12)10(14(15)16)5-11(7)21(18,19)13-6-8(2)20(3)17/h4-5,8,13H,6H2,1-3H3. The van der Waals surface area contributed by atoms with Gasteiger partial charge in [0.05, 0.1) is 9.82 Å². The number of nitro benzene ring substituents is 1. The zero-order valence-corrected chi connectivity index (χ0v) is 14.0. The van der Waals surface area contributed by atoms with E-state index in [1.54, 1.807) is 6.92 Å². The number of nitro groups is 1. The van der Waals surface area contributed by atoms with Gasteiger partial charge in [-0.1, -0.05) is 11.6 Å². The highest BCUT2D eigenvalue weighted by atomic mass is 35.5. The minimum Gasteiger partial charge on any atom is -0.260 e. The van der Waals surface area contributed by atoms with Crippen LogP contribution in [0.25, 0.3) is 0 Å². The van der Waals surface area contributed by atoms with Gasteiger partial charge >= 0.3 is 0 Å². The van der Waals surface area contributed by atoms with Crippen molar-refractivity contribution in [2.75, 3.05) is 12.8 Å². The van der Waals surface area contributed by atoms with Gasteiger partial charge in [-0.3, -0.25) is 14.3 Å². The van der Waals surface area contributed by atoms with Crippen molar-refractivity contribution in [3.05, 3.63) is 32.8 Å². The molecule has 1 aromatic rings. The van der Waals surface area contributed by atoms with Crippen molar-refractivity contribution in [3.8, 4) is 0 Å². The molecule has 0 saturated carbocycles. The number of rotatable bonds is 6. The monoisotopic (exact) mass is 354 g/mol. The number of halogens is 1. The van der Waals surface area contributed by atoms with Gasteiger partial charge in [-0.15, -0.1) is 0 Å². The highest BCUT2D eigenvalue weighted by Gasteiger charge is 2.24. The average Bonchev–Trinajstić information content (AvgIpc) is 2.34. The molecule has 0 aliphatic rings. The highest BCUT2D eigenvalue weighted by molar-refractivity contribution is 7.89. The topological polar surface area (TPSA) is 106 Å². The minimum atomic E-state index is -3.94. The lowest BCUT2D eigenvalue weighted by molar-refractivity contribution is -0.384. The number of hydrogen-bond acceptors (Lipinski definition) is 5. The molecule has 2 atom stereocenters. The molecular formula is C11H15ClN2O5S2. The first kappa shape index (κ1) is 18.0. The molecule has 118 valence electrons. The average molecular weight is 355 g/mol. The lowest BCUT2D eigenvalue weighted by atomic mass is 10.2. The molecule has 0 aromatic heterocycles. The van der Waals surface area contributed by atoms with Crippen molar-refractivity contribution in [1.29, 1.82) is 0 Å². The summed E-state index contributed by atoms with van der Waals surface area (Å²) in [6.07, 6.45) is 1.47. The van der Waals surface area contributed by atoms with Gasteiger partial charge in [0.25, 0.3) is 5.69 Å². The summed E-state index contributed by atoms with van der Waals surface area (Å²) in [6.45, 7) is 3.10. The number of benzene rings is 1. The fraction of sp³-hybridized carbons (Fsp3) is 0.455. The molecule has 1 aromatic carbocycles. The molecule has 1 rings (SSSR count). The molecule has 0 saturated heterocycles. The zero-order valence-electron chi connectivity index (χ0n) is 11.6. The van der Waals surface area contributed by atoms with E-state index in [1.165, 1.54) is 19.2 Å². The van der Waals surface area contributed by atoms with Crippen LogP contribution in [0, 0.1) is 17.0 Å². The minimum absolute atomic E-state index is 0.0265. The summed E-state index contributed by atoms with van der Waals surface area (Å²) in [5.74, 6) is 0. The van der Waals surface area contributed by atoms with Gasteiger partial charge in [0, 0.05) is 34.9 Å². The van der Waals surface area contributed by atoms with Crippen LogP contribution in [-0.2, 0) is 20.8 Å². The van der Waals surface area contributed by atoms with Gasteiger partial charge in [-0.05, 0) is 25.5 Å². The van der Waals surface area contributed by atoms with Crippen molar-refractivity contribution in [2.24, 2.45) is 0 Å². The molecule has 0 bridgehead atoms. The summed E-state index contributed by atoms with van der Waals surface area (Å²) in [5, 5.41) is 10.3. The van der Waals surface area contributed by atoms with Crippen LogP contribution in [0.5, 0.6) is 0 Å². The van der Waals surface area contributed by atoms with Crippen molar-refractivity contribution in [1.82, 2.24) is 4.72 Å². The van der Waals surface area contributed by atoms with Crippen LogP contribution in [0.1, 0.15) is 12.5 Å². The van der Waals surface area contributed by atoms with Crippen molar-refractivity contribution >= 4 is 38.1 Å². The number of nitrogens with zero attached hydrogens (tertiary/aromatic N) is 1. The largest absolute Gasteiger partial charge is 0.289 e.